The number of hydrogen-bond acceptors (Lipinski definition) is 6. The first-order valence-corrected chi connectivity index (χ1v) is 10.9. The Hall–Kier alpha value is -3.50. The molecule has 4 rings (SSSR count). The molecule has 0 bridgehead atoms. The van der Waals surface area contributed by atoms with Gasteiger partial charge in [0.05, 0.1) is 18.3 Å². The molecule has 1 saturated heterocycles. The van der Waals surface area contributed by atoms with Crippen molar-refractivity contribution in [3.05, 3.63) is 79.6 Å². The van der Waals surface area contributed by atoms with Crippen LogP contribution in [0.25, 0.3) is 5.69 Å². The molecular formula is C22H20Cl2N4O6. The number of anilines is 1. The van der Waals surface area contributed by atoms with Crippen molar-refractivity contribution < 1.29 is 18.8 Å². The second-order valence-electron chi connectivity index (χ2n) is 8.10. The predicted octanol–water partition coefficient (Wildman–Crippen LogP) is 3.29. The number of nitrogens with zero attached hydrogens (tertiary/aromatic N) is 4. The summed E-state index contributed by atoms with van der Waals surface area (Å²) in [6.45, 7) is 2.91. The highest BCUT2D eigenvalue weighted by Crippen LogP contribution is 2.42. The average Bonchev–Trinajstić information content (AvgIpc) is 3.17. The van der Waals surface area contributed by atoms with Gasteiger partial charge in [-0.05, 0) is 50.2 Å². The molecule has 0 radical (unpaired) electrons. The Balaban J connectivity index is 1.93. The maximum atomic E-state index is 13.5. The molecule has 2 amide bonds. The predicted molar refractivity (Wildman–Crippen MR) is 125 cm³/mol. The van der Waals surface area contributed by atoms with Crippen LogP contribution in [0.15, 0.2) is 62.6 Å². The number of aromatic nitrogens is 2. The molecule has 0 spiro atoms. The molecule has 0 unspecified atom stereocenters. The molecule has 0 N–H and O–H groups in total. The van der Waals surface area contributed by atoms with Crippen LogP contribution in [0.4, 0.5) is 10.5 Å². The Morgan fingerprint density at radius 2 is 1.62 bits per heavy atom. The van der Waals surface area contributed by atoms with Crippen LogP contribution in [-0.4, -0.2) is 45.4 Å². The number of esters is 1. The Morgan fingerprint density at radius 1 is 1.03 bits per heavy atom. The van der Waals surface area contributed by atoms with Crippen molar-refractivity contribution in [1.82, 2.24) is 14.2 Å². The van der Waals surface area contributed by atoms with Crippen LogP contribution >= 0.6 is 23.2 Å². The second kappa shape index (κ2) is 8.69. The number of urea groups is 1. The topological polar surface area (TPSA) is 107 Å². The summed E-state index contributed by atoms with van der Waals surface area (Å²) in [4.78, 5) is 54.3. The minimum absolute atomic E-state index is 0.202. The SMILES string of the molecule is COC(=O)CN1C(=O)N(c2cccc(Cl)c2)[C@@H](n2oc(=O)n(-c3cccc(Cl)c3)c2=O)C1(C)C. The number of benzene rings is 2. The van der Waals surface area contributed by atoms with Gasteiger partial charge in [0.1, 0.15) is 6.54 Å². The monoisotopic (exact) mass is 506 g/mol. The fourth-order valence-corrected chi connectivity index (χ4v) is 4.37. The largest absolute Gasteiger partial charge is 0.468 e. The highest BCUT2D eigenvalue weighted by molar-refractivity contribution is 6.31. The molecule has 1 aromatic heterocycles. The van der Waals surface area contributed by atoms with Gasteiger partial charge in [0, 0.05) is 15.7 Å². The molecule has 178 valence electrons. The van der Waals surface area contributed by atoms with Crippen molar-refractivity contribution in [2.45, 2.75) is 25.6 Å². The summed E-state index contributed by atoms with van der Waals surface area (Å²) in [5, 5.41) is 0.663. The van der Waals surface area contributed by atoms with Gasteiger partial charge in [-0.15, -0.1) is 4.74 Å². The van der Waals surface area contributed by atoms with E-state index in [1.54, 1.807) is 44.2 Å². The summed E-state index contributed by atoms with van der Waals surface area (Å²) in [7, 11) is 1.21. The molecule has 2 heterocycles. The number of carbonyl (C=O) groups is 2. The van der Waals surface area contributed by atoms with Crippen LogP contribution in [0.5, 0.6) is 0 Å². The first-order valence-electron chi connectivity index (χ1n) is 10.1. The normalized spacial score (nSPS) is 17.3. The molecule has 3 aromatic rings. The van der Waals surface area contributed by atoms with Crippen molar-refractivity contribution in [3.8, 4) is 5.69 Å². The quantitative estimate of drug-likeness (QED) is 0.491. The van der Waals surface area contributed by atoms with Crippen LogP contribution in [0.1, 0.15) is 20.0 Å². The van der Waals surface area contributed by atoms with Crippen LogP contribution in [0.2, 0.25) is 10.0 Å². The van der Waals surface area contributed by atoms with Gasteiger partial charge in [0.2, 0.25) is 0 Å². The lowest BCUT2D eigenvalue weighted by atomic mass is 10.0. The number of halogens is 2. The lowest BCUT2D eigenvalue weighted by molar-refractivity contribution is -0.142. The average molecular weight is 507 g/mol. The summed E-state index contributed by atoms with van der Waals surface area (Å²) >= 11 is 12.2. The fraction of sp³-hybridized carbons (Fsp3) is 0.273. The molecule has 2 aromatic carbocycles. The molecule has 1 aliphatic heterocycles. The van der Waals surface area contributed by atoms with Crippen molar-refractivity contribution >= 4 is 40.9 Å². The van der Waals surface area contributed by atoms with Gasteiger partial charge in [-0.1, -0.05) is 35.3 Å². The first-order chi connectivity index (χ1) is 16.1. The maximum Gasteiger partial charge on any atom is 0.447 e. The smallest absolute Gasteiger partial charge is 0.447 e. The van der Waals surface area contributed by atoms with E-state index in [0.717, 1.165) is 9.31 Å². The van der Waals surface area contributed by atoms with Crippen molar-refractivity contribution in [2.24, 2.45) is 0 Å². The van der Waals surface area contributed by atoms with Crippen molar-refractivity contribution in [2.75, 3.05) is 18.6 Å². The first kappa shape index (κ1) is 23.7. The third kappa shape index (κ3) is 3.88. The molecular weight excluding hydrogens is 487 g/mol. The van der Waals surface area contributed by atoms with Crippen molar-refractivity contribution in [3.63, 3.8) is 0 Å². The summed E-state index contributed by atoms with van der Waals surface area (Å²) in [5.41, 5.74) is -1.49. The zero-order valence-corrected chi connectivity index (χ0v) is 19.9. The third-order valence-corrected chi connectivity index (χ3v) is 6.11. The second-order valence-corrected chi connectivity index (χ2v) is 8.98. The Kier molecular flexibility index (Phi) is 6.05. The van der Waals surface area contributed by atoms with E-state index in [9.17, 15) is 19.2 Å². The van der Waals surface area contributed by atoms with E-state index in [4.69, 9.17) is 32.5 Å². The lowest BCUT2D eigenvalue weighted by Crippen LogP contribution is -2.48. The maximum absolute atomic E-state index is 13.5. The molecule has 0 aliphatic carbocycles. The zero-order chi connectivity index (χ0) is 24.8. The number of hydrogen-bond donors (Lipinski definition) is 0. The summed E-state index contributed by atoms with van der Waals surface area (Å²) < 4.78 is 11.7. The van der Waals surface area contributed by atoms with Gasteiger partial charge in [0.25, 0.3) is 0 Å². The van der Waals surface area contributed by atoms with E-state index in [1.165, 1.54) is 35.1 Å². The van der Waals surface area contributed by atoms with Gasteiger partial charge >= 0.3 is 23.4 Å². The van der Waals surface area contributed by atoms with Gasteiger partial charge in [-0.2, -0.15) is 4.57 Å². The van der Waals surface area contributed by atoms with Crippen molar-refractivity contribution in [1.29, 1.82) is 0 Å². The van der Waals surface area contributed by atoms with E-state index in [0.29, 0.717) is 15.7 Å². The van der Waals surface area contributed by atoms with Gasteiger partial charge < -0.3 is 14.2 Å². The highest BCUT2D eigenvalue weighted by atomic mass is 35.5. The Labute approximate surface area is 203 Å². The van der Waals surface area contributed by atoms with Gasteiger partial charge in [-0.25, -0.2) is 14.4 Å². The molecule has 34 heavy (non-hydrogen) atoms. The van der Waals surface area contributed by atoms with E-state index in [-0.39, 0.29) is 12.2 Å². The molecule has 1 aliphatic rings. The number of methoxy groups -OCH3 is 1. The van der Waals surface area contributed by atoms with E-state index in [2.05, 4.69) is 0 Å². The molecule has 1 atom stereocenters. The summed E-state index contributed by atoms with van der Waals surface area (Å²) in [6, 6.07) is 11.9. The lowest BCUT2D eigenvalue weighted by Gasteiger charge is -2.33. The fourth-order valence-electron chi connectivity index (χ4n) is 4.00. The molecule has 10 nitrogen and oxygen atoms in total. The van der Waals surface area contributed by atoms with E-state index in [1.807, 2.05) is 0 Å². The van der Waals surface area contributed by atoms with E-state index < -0.39 is 35.2 Å². The zero-order valence-electron chi connectivity index (χ0n) is 18.4. The van der Waals surface area contributed by atoms with Crippen LogP contribution < -0.4 is 16.3 Å². The van der Waals surface area contributed by atoms with Gasteiger partial charge in [0.15, 0.2) is 6.17 Å². The van der Waals surface area contributed by atoms with Gasteiger partial charge in [-0.3, -0.25) is 9.69 Å². The molecule has 1 fully saturated rings. The highest BCUT2D eigenvalue weighted by Gasteiger charge is 2.55. The summed E-state index contributed by atoms with van der Waals surface area (Å²) in [5.74, 6) is -1.62. The minimum Gasteiger partial charge on any atom is -0.468 e. The number of rotatable bonds is 5. The van der Waals surface area contributed by atoms with Crippen LogP contribution in [0.3, 0.4) is 0 Å². The summed E-state index contributed by atoms with van der Waals surface area (Å²) in [6.07, 6.45) is -1.15. The standard InChI is InChI=1S/C22H20Cl2N4O6/c1-22(2)18(28-20(31)27(21(32)34-28)16-9-5-7-14(24)11-16)26(15-8-4-6-13(23)10-15)19(30)25(22)12-17(29)33-3/h4-11,18H,12H2,1-3H3/t18-/m0/s1. The van der Waals surface area contributed by atoms with Crippen LogP contribution in [0, 0.1) is 0 Å². The van der Waals surface area contributed by atoms with E-state index >= 15 is 0 Å². The molecule has 12 heteroatoms. The number of carbonyl (C=O) groups excluding carboxylic acids is 2. The minimum atomic E-state index is -1.20. The van der Waals surface area contributed by atoms with Crippen LogP contribution in [-0.2, 0) is 9.53 Å². The Morgan fingerprint density at radius 3 is 2.21 bits per heavy atom. The Bertz CT molecular complexity index is 1390. The molecule has 0 saturated carbocycles. The number of ether oxygens (including phenoxy) is 1. The number of amides is 2. The third-order valence-electron chi connectivity index (χ3n) is 5.64.